The zero-order chi connectivity index (χ0) is 11.6. The van der Waals surface area contributed by atoms with E-state index >= 15 is 0 Å². The van der Waals surface area contributed by atoms with Gasteiger partial charge in [-0.05, 0) is 0 Å². The van der Waals surface area contributed by atoms with Crippen LogP contribution in [-0.4, -0.2) is 48.8 Å². The fourth-order valence-electron chi connectivity index (χ4n) is 0.732. The highest BCUT2D eigenvalue weighted by Gasteiger charge is 2.20. The van der Waals surface area contributed by atoms with E-state index in [1.165, 1.54) is 0 Å². The molecule has 2 aliphatic rings. The normalized spacial score (nSPS) is 24.4. The lowest BCUT2D eigenvalue weighted by Crippen LogP contribution is -1.88. The lowest BCUT2D eigenvalue weighted by Gasteiger charge is -1.70. The van der Waals surface area contributed by atoms with E-state index in [4.69, 9.17) is 10.2 Å². The molecule has 0 radical (unpaired) electrons. The maximum absolute atomic E-state index is 8.08. The number of hydrogen-bond donors (Lipinski definition) is 2. The molecule has 2 unspecified atom stereocenters. The van der Waals surface area contributed by atoms with Crippen LogP contribution in [0.15, 0.2) is 36.4 Å². The molecule has 0 amide bonds. The molecule has 2 heterocycles. The average molecular weight is 226 g/mol. The van der Waals surface area contributed by atoms with E-state index in [0.717, 1.165) is 13.2 Å². The van der Waals surface area contributed by atoms with Crippen LogP contribution in [-0.2, 0) is 9.47 Å². The van der Waals surface area contributed by atoms with Crippen molar-refractivity contribution in [2.24, 2.45) is 0 Å². The van der Waals surface area contributed by atoms with E-state index in [9.17, 15) is 0 Å². The summed E-state index contributed by atoms with van der Waals surface area (Å²) in [6.45, 7) is 1.91. The first-order valence-electron chi connectivity index (χ1n) is 5.31. The molecule has 2 aliphatic heterocycles. The third kappa shape index (κ3) is 8.38. The minimum absolute atomic E-state index is 0.190. The number of rotatable bonds is 2. The minimum Gasteiger partial charge on any atom is -0.394 e. The molecule has 16 heavy (non-hydrogen) atoms. The van der Waals surface area contributed by atoms with Gasteiger partial charge in [0.05, 0.1) is 26.4 Å². The molecule has 1 aromatic carbocycles. The summed E-state index contributed by atoms with van der Waals surface area (Å²) in [5.74, 6) is 0. The van der Waals surface area contributed by atoms with Gasteiger partial charge in [0.2, 0.25) is 0 Å². The molecule has 4 heteroatoms. The van der Waals surface area contributed by atoms with Gasteiger partial charge < -0.3 is 19.7 Å². The smallest absolute Gasteiger partial charge is 0.104 e. The van der Waals surface area contributed by atoms with Crippen molar-refractivity contribution in [2.75, 3.05) is 26.4 Å². The van der Waals surface area contributed by atoms with Crippen molar-refractivity contribution < 1.29 is 19.7 Å². The number of hydrogen-bond acceptors (Lipinski definition) is 4. The predicted octanol–water partition coefficient (Wildman–Crippen LogP) is 0.442. The summed E-state index contributed by atoms with van der Waals surface area (Å²) >= 11 is 0. The first-order chi connectivity index (χ1) is 7.86. The lowest BCUT2D eigenvalue weighted by molar-refractivity contribution is 0.244. The summed E-state index contributed by atoms with van der Waals surface area (Å²) in [7, 11) is 0. The molecule has 0 aromatic heterocycles. The largest absolute Gasteiger partial charge is 0.394 e. The van der Waals surface area contributed by atoms with Crippen LogP contribution < -0.4 is 0 Å². The Hall–Kier alpha value is -0.940. The Kier molecular flexibility index (Phi) is 6.76. The van der Waals surface area contributed by atoms with Crippen molar-refractivity contribution in [2.45, 2.75) is 12.2 Å². The third-order valence-corrected chi connectivity index (χ3v) is 1.88. The van der Waals surface area contributed by atoms with Gasteiger partial charge in [0, 0.05) is 0 Å². The highest BCUT2D eigenvalue weighted by molar-refractivity contribution is 4.99. The van der Waals surface area contributed by atoms with E-state index in [2.05, 4.69) is 9.47 Å². The Balaban J connectivity index is 0.000000121. The molecule has 0 bridgehead atoms. The highest BCUT2D eigenvalue weighted by Crippen LogP contribution is 2.05. The molecule has 2 fully saturated rings. The Labute approximate surface area is 95.4 Å². The summed E-state index contributed by atoms with van der Waals surface area (Å²) in [5, 5.41) is 16.2. The molecular weight excluding hydrogens is 208 g/mol. The van der Waals surface area contributed by atoms with Crippen LogP contribution in [0.2, 0.25) is 0 Å². The third-order valence-electron chi connectivity index (χ3n) is 1.88. The summed E-state index contributed by atoms with van der Waals surface area (Å²) < 4.78 is 9.22. The summed E-state index contributed by atoms with van der Waals surface area (Å²) in [6.07, 6.45) is 0.380. The molecule has 3 rings (SSSR count). The van der Waals surface area contributed by atoms with Crippen molar-refractivity contribution in [3.63, 3.8) is 0 Å². The number of aliphatic hydroxyl groups excluding tert-OH is 2. The number of epoxide rings is 2. The van der Waals surface area contributed by atoms with Crippen LogP contribution in [0.25, 0.3) is 0 Å². The van der Waals surface area contributed by atoms with E-state index in [-0.39, 0.29) is 25.4 Å². The molecule has 0 spiro atoms. The van der Waals surface area contributed by atoms with Crippen LogP contribution in [0.3, 0.4) is 0 Å². The molecule has 2 saturated heterocycles. The number of benzene rings is 1. The predicted molar refractivity (Wildman–Crippen MR) is 60.1 cm³/mol. The maximum atomic E-state index is 8.08. The van der Waals surface area contributed by atoms with Crippen LogP contribution in [0, 0.1) is 0 Å². The Morgan fingerprint density at radius 2 is 1.00 bits per heavy atom. The van der Waals surface area contributed by atoms with Gasteiger partial charge in [0.15, 0.2) is 0 Å². The SMILES string of the molecule is OCC1CO1.OCC1CO1.c1ccccc1. The van der Waals surface area contributed by atoms with Crippen molar-refractivity contribution >= 4 is 0 Å². The fourth-order valence-corrected chi connectivity index (χ4v) is 0.732. The van der Waals surface area contributed by atoms with E-state index in [1.54, 1.807) is 0 Å². The van der Waals surface area contributed by atoms with Crippen LogP contribution in [0.5, 0.6) is 0 Å². The maximum Gasteiger partial charge on any atom is 0.104 e. The van der Waals surface area contributed by atoms with Crippen molar-refractivity contribution in [3.05, 3.63) is 36.4 Å². The minimum atomic E-state index is 0.190. The van der Waals surface area contributed by atoms with Gasteiger partial charge in [0.1, 0.15) is 12.2 Å². The zero-order valence-electron chi connectivity index (χ0n) is 9.16. The molecule has 4 nitrogen and oxygen atoms in total. The zero-order valence-corrected chi connectivity index (χ0v) is 9.16. The first-order valence-corrected chi connectivity index (χ1v) is 5.31. The van der Waals surface area contributed by atoms with Gasteiger partial charge in [-0.1, -0.05) is 36.4 Å². The second kappa shape index (κ2) is 8.24. The average Bonchev–Trinajstić information content (AvgIpc) is 3.24. The molecule has 2 N–H and O–H groups in total. The molecule has 0 saturated carbocycles. The van der Waals surface area contributed by atoms with Crippen LogP contribution in [0.4, 0.5) is 0 Å². The molecule has 90 valence electrons. The second-order valence-electron chi connectivity index (χ2n) is 3.43. The van der Waals surface area contributed by atoms with Gasteiger partial charge >= 0.3 is 0 Å². The fraction of sp³-hybridized carbons (Fsp3) is 0.500. The molecule has 0 aliphatic carbocycles. The summed E-state index contributed by atoms with van der Waals surface area (Å²) in [4.78, 5) is 0. The lowest BCUT2D eigenvalue weighted by atomic mass is 10.4. The topological polar surface area (TPSA) is 65.5 Å². The Morgan fingerprint density at radius 1 is 0.750 bits per heavy atom. The molecular formula is C12H18O4. The van der Waals surface area contributed by atoms with Gasteiger partial charge in [-0.3, -0.25) is 0 Å². The van der Waals surface area contributed by atoms with E-state index in [0.29, 0.717) is 0 Å². The quantitative estimate of drug-likeness (QED) is 0.718. The van der Waals surface area contributed by atoms with Crippen molar-refractivity contribution in [1.82, 2.24) is 0 Å². The first kappa shape index (κ1) is 13.1. The standard InChI is InChI=1S/C6H6.2C3H6O2/c1-2-4-6-5-3-1;2*4-1-3-2-5-3/h1-6H;2*3-4H,1-2H2. The van der Waals surface area contributed by atoms with Gasteiger partial charge in [-0.15, -0.1) is 0 Å². The second-order valence-corrected chi connectivity index (χ2v) is 3.43. The van der Waals surface area contributed by atoms with Gasteiger partial charge in [-0.25, -0.2) is 0 Å². The van der Waals surface area contributed by atoms with Gasteiger partial charge in [0.25, 0.3) is 0 Å². The van der Waals surface area contributed by atoms with Crippen LogP contribution in [0.1, 0.15) is 0 Å². The molecule has 1 aromatic rings. The van der Waals surface area contributed by atoms with E-state index < -0.39 is 0 Å². The highest BCUT2D eigenvalue weighted by atomic mass is 16.6. The Morgan fingerprint density at radius 3 is 1.06 bits per heavy atom. The summed E-state index contributed by atoms with van der Waals surface area (Å²) in [6, 6.07) is 12.0. The van der Waals surface area contributed by atoms with Crippen molar-refractivity contribution in [1.29, 1.82) is 0 Å². The van der Waals surface area contributed by atoms with Crippen molar-refractivity contribution in [3.8, 4) is 0 Å². The van der Waals surface area contributed by atoms with Crippen LogP contribution >= 0.6 is 0 Å². The van der Waals surface area contributed by atoms with E-state index in [1.807, 2.05) is 36.4 Å². The Bertz CT molecular complexity index is 206. The molecule has 2 atom stereocenters. The summed E-state index contributed by atoms with van der Waals surface area (Å²) in [5.41, 5.74) is 0. The monoisotopic (exact) mass is 226 g/mol. The number of aliphatic hydroxyl groups is 2. The van der Waals surface area contributed by atoms with Gasteiger partial charge in [-0.2, -0.15) is 0 Å². The number of ether oxygens (including phenoxy) is 2.